The summed E-state index contributed by atoms with van der Waals surface area (Å²) in [6, 6.07) is 36.4. The van der Waals surface area contributed by atoms with Crippen LogP contribution < -0.4 is 10.7 Å². The molecule has 144 valence electrons. The van der Waals surface area contributed by atoms with Crippen LogP contribution in [0.2, 0.25) is 0 Å². The van der Waals surface area contributed by atoms with Gasteiger partial charge in [-0.1, -0.05) is 6.07 Å². The molecule has 3 nitrogen and oxygen atoms in total. The van der Waals surface area contributed by atoms with E-state index in [0.717, 1.165) is 0 Å². The molecular formula is C24H20ClNO2Sn. The van der Waals surface area contributed by atoms with E-state index in [4.69, 9.17) is 14.0 Å². The molecule has 4 rings (SSSR count). The Morgan fingerprint density at radius 1 is 0.655 bits per heavy atom. The van der Waals surface area contributed by atoms with Gasteiger partial charge < -0.3 is 5.11 Å². The molecule has 1 N–H and O–H groups in total. The van der Waals surface area contributed by atoms with E-state index >= 15 is 0 Å². The van der Waals surface area contributed by atoms with Crippen molar-refractivity contribution in [1.29, 1.82) is 0 Å². The van der Waals surface area contributed by atoms with Gasteiger partial charge in [0, 0.05) is 6.20 Å². The molecule has 29 heavy (non-hydrogen) atoms. The van der Waals surface area contributed by atoms with E-state index in [0.29, 0.717) is 0 Å². The van der Waals surface area contributed by atoms with Crippen LogP contribution in [0.4, 0.5) is 0 Å². The molecule has 4 aromatic rings. The summed E-state index contributed by atoms with van der Waals surface area (Å²) >= 11 is -3.30. The summed E-state index contributed by atoms with van der Waals surface area (Å²) in [5.74, 6) is -0.990. The van der Waals surface area contributed by atoms with Crippen LogP contribution in [-0.2, 0) is 0 Å². The Labute approximate surface area is 178 Å². The molecule has 0 amide bonds. The van der Waals surface area contributed by atoms with Crippen molar-refractivity contribution in [2.24, 2.45) is 0 Å². The SMILES string of the molecule is O=C(O)c1ccccn1.[Cl][Sn]([c]1ccccc1)([c]1ccccc1)[c]1ccccc1. The van der Waals surface area contributed by atoms with Gasteiger partial charge in [0.25, 0.3) is 0 Å². The first-order chi connectivity index (χ1) is 14.1. The fourth-order valence-corrected chi connectivity index (χ4v) is 14.0. The van der Waals surface area contributed by atoms with E-state index in [1.54, 1.807) is 12.1 Å². The summed E-state index contributed by atoms with van der Waals surface area (Å²) in [4.78, 5) is 13.7. The molecule has 0 atom stereocenters. The Balaban J connectivity index is 0.000000224. The van der Waals surface area contributed by atoms with Crippen LogP contribution in [0.3, 0.4) is 0 Å². The summed E-state index contributed by atoms with van der Waals surface area (Å²) in [5.41, 5.74) is 0.0810. The van der Waals surface area contributed by atoms with E-state index in [9.17, 15) is 4.79 Å². The van der Waals surface area contributed by atoms with Gasteiger partial charge in [-0.15, -0.1) is 0 Å². The first-order valence-corrected chi connectivity index (χ1v) is 17.0. The van der Waals surface area contributed by atoms with Gasteiger partial charge in [-0.05, 0) is 12.1 Å². The number of carboxylic acid groups (broad SMARTS) is 1. The zero-order chi connectivity index (χ0) is 20.5. The van der Waals surface area contributed by atoms with Crippen molar-refractivity contribution >= 4 is 42.9 Å². The Kier molecular flexibility index (Phi) is 7.44. The monoisotopic (exact) mass is 509 g/mol. The van der Waals surface area contributed by atoms with E-state index < -0.39 is 23.2 Å². The number of nitrogens with zero attached hydrogens (tertiary/aromatic N) is 1. The van der Waals surface area contributed by atoms with Crippen LogP contribution in [0, 0.1) is 0 Å². The number of rotatable bonds is 4. The van der Waals surface area contributed by atoms with Gasteiger partial charge in [0.1, 0.15) is 5.69 Å². The van der Waals surface area contributed by atoms with Crippen LogP contribution in [-0.4, -0.2) is 33.3 Å². The van der Waals surface area contributed by atoms with Crippen molar-refractivity contribution < 1.29 is 9.90 Å². The van der Waals surface area contributed by atoms with E-state index in [-0.39, 0.29) is 5.69 Å². The average molecular weight is 509 g/mol. The maximum atomic E-state index is 10.1. The van der Waals surface area contributed by atoms with Crippen molar-refractivity contribution in [1.82, 2.24) is 4.98 Å². The first kappa shape index (κ1) is 21.1. The van der Waals surface area contributed by atoms with Gasteiger partial charge >= 0.3 is 134 Å². The van der Waals surface area contributed by atoms with Crippen molar-refractivity contribution in [3.8, 4) is 0 Å². The molecule has 0 aliphatic rings. The molecule has 0 saturated carbocycles. The Hall–Kier alpha value is -2.63. The molecule has 0 aliphatic carbocycles. The van der Waals surface area contributed by atoms with E-state index in [1.165, 1.54) is 23.0 Å². The molecule has 5 heteroatoms. The van der Waals surface area contributed by atoms with Gasteiger partial charge in [-0.25, -0.2) is 9.78 Å². The number of carboxylic acids is 1. The molecule has 0 fully saturated rings. The summed E-state index contributed by atoms with van der Waals surface area (Å²) in [5, 5.41) is 8.32. The molecule has 0 saturated heterocycles. The third kappa shape index (κ3) is 5.25. The molecule has 0 bridgehead atoms. The van der Waals surface area contributed by atoms with Crippen molar-refractivity contribution in [3.63, 3.8) is 0 Å². The van der Waals surface area contributed by atoms with Gasteiger partial charge in [0.05, 0.1) is 0 Å². The summed E-state index contributed by atoms with van der Waals surface area (Å²) in [7, 11) is 7.33. The molecule has 1 heterocycles. The van der Waals surface area contributed by atoms with Gasteiger partial charge in [-0.3, -0.25) is 0 Å². The zero-order valence-corrected chi connectivity index (χ0v) is 19.3. The number of carbonyl (C=O) groups is 1. The number of halogens is 1. The topological polar surface area (TPSA) is 50.2 Å². The van der Waals surface area contributed by atoms with Crippen LogP contribution in [0.5, 0.6) is 0 Å². The minimum atomic E-state index is -3.30. The molecular weight excluding hydrogens is 488 g/mol. The van der Waals surface area contributed by atoms with Crippen molar-refractivity contribution in [3.05, 3.63) is 121 Å². The maximum absolute atomic E-state index is 10.1. The van der Waals surface area contributed by atoms with Gasteiger partial charge in [-0.2, -0.15) is 0 Å². The number of benzene rings is 3. The second kappa shape index (κ2) is 10.2. The Morgan fingerprint density at radius 3 is 1.31 bits per heavy atom. The predicted molar refractivity (Wildman–Crippen MR) is 121 cm³/mol. The predicted octanol–water partition coefficient (Wildman–Crippen LogP) is 3.67. The van der Waals surface area contributed by atoms with Crippen LogP contribution in [0.25, 0.3) is 0 Å². The van der Waals surface area contributed by atoms with Crippen molar-refractivity contribution in [2.45, 2.75) is 0 Å². The molecule has 0 aliphatic heterocycles. The molecule has 1 aromatic heterocycles. The number of hydrogen-bond acceptors (Lipinski definition) is 2. The Bertz CT molecular complexity index is 933. The number of pyridine rings is 1. The second-order valence-electron chi connectivity index (χ2n) is 6.28. The third-order valence-corrected chi connectivity index (χ3v) is 18.5. The van der Waals surface area contributed by atoms with Crippen molar-refractivity contribution in [2.75, 3.05) is 0 Å². The third-order valence-electron chi connectivity index (χ3n) is 4.40. The number of aromatic nitrogens is 1. The molecule has 0 radical (unpaired) electrons. The number of hydrogen-bond donors (Lipinski definition) is 1. The first-order valence-electron chi connectivity index (χ1n) is 9.12. The summed E-state index contributed by atoms with van der Waals surface area (Å²) in [6.07, 6.45) is 1.45. The zero-order valence-electron chi connectivity index (χ0n) is 15.7. The summed E-state index contributed by atoms with van der Waals surface area (Å²) < 4.78 is 3.88. The average Bonchev–Trinajstić information content (AvgIpc) is 2.81. The van der Waals surface area contributed by atoms with Gasteiger partial charge in [0.15, 0.2) is 0 Å². The van der Waals surface area contributed by atoms with E-state index in [2.05, 4.69) is 77.8 Å². The molecule has 0 unspecified atom stereocenters. The van der Waals surface area contributed by atoms with Crippen LogP contribution in [0.15, 0.2) is 115 Å². The van der Waals surface area contributed by atoms with Crippen LogP contribution >= 0.6 is 8.92 Å². The van der Waals surface area contributed by atoms with E-state index in [1.807, 2.05) is 18.2 Å². The standard InChI is InChI=1S/C6H5NO2.3C6H5.ClH.Sn/c8-6(9)5-3-1-2-4-7-5;3*1-2-4-6-5-3-1;;/h1-4H,(H,8,9);3*1-5H;1H;/q;;;;;+1/p-1. The molecule has 3 aromatic carbocycles. The fourth-order valence-electron chi connectivity index (χ4n) is 2.99. The Morgan fingerprint density at radius 2 is 1.03 bits per heavy atom. The quantitative estimate of drug-likeness (QED) is 0.428. The summed E-state index contributed by atoms with van der Waals surface area (Å²) in [6.45, 7) is 0. The molecule has 0 spiro atoms. The van der Waals surface area contributed by atoms with Crippen LogP contribution in [0.1, 0.15) is 10.5 Å². The number of aromatic carboxylic acids is 1. The second-order valence-corrected chi connectivity index (χ2v) is 18.8. The normalized spacial score (nSPS) is 10.5. The van der Waals surface area contributed by atoms with Gasteiger partial charge in [0.2, 0.25) is 0 Å². The fraction of sp³-hybridized carbons (Fsp3) is 0. The minimum absolute atomic E-state index is 0.0810.